The second kappa shape index (κ2) is 5.33. The molecule has 1 heterocycles. The lowest BCUT2D eigenvalue weighted by Crippen LogP contribution is -2.21. The summed E-state index contributed by atoms with van der Waals surface area (Å²) in [7, 11) is 0. The van der Waals surface area contributed by atoms with Crippen molar-refractivity contribution in [3.8, 4) is 0 Å². The van der Waals surface area contributed by atoms with Crippen molar-refractivity contribution < 1.29 is 9.53 Å². The van der Waals surface area contributed by atoms with Crippen molar-refractivity contribution in [3.05, 3.63) is 34.4 Å². The highest BCUT2D eigenvalue weighted by molar-refractivity contribution is 5.95. The van der Waals surface area contributed by atoms with E-state index < -0.39 is 0 Å². The molecule has 2 aliphatic rings. The van der Waals surface area contributed by atoms with Crippen LogP contribution in [0.25, 0.3) is 0 Å². The monoisotopic (exact) mass is 259 g/mol. The summed E-state index contributed by atoms with van der Waals surface area (Å²) in [6, 6.07) is 4.00. The Bertz CT molecular complexity index is 490. The molecule has 0 bridgehead atoms. The van der Waals surface area contributed by atoms with Crippen molar-refractivity contribution >= 4 is 5.91 Å². The normalized spacial score (nSPS) is 22.2. The van der Waals surface area contributed by atoms with Gasteiger partial charge < -0.3 is 10.5 Å². The summed E-state index contributed by atoms with van der Waals surface area (Å²) in [6.07, 6.45) is 8.03. The van der Waals surface area contributed by atoms with Crippen molar-refractivity contribution in [1.29, 1.82) is 0 Å². The molecule has 1 aromatic carbocycles. The molecule has 1 aliphatic carbocycles. The average molecular weight is 259 g/mol. The fourth-order valence-electron chi connectivity index (χ4n) is 3.40. The second-order valence-electron chi connectivity index (χ2n) is 5.64. The largest absolute Gasteiger partial charge is 0.378 e. The van der Waals surface area contributed by atoms with Crippen molar-refractivity contribution in [1.82, 2.24) is 0 Å². The Labute approximate surface area is 114 Å². The van der Waals surface area contributed by atoms with Gasteiger partial charge in [0.1, 0.15) is 0 Å². The highest BCUT2D eigenvalue weighted by Crippen LogP contribution is 2.30. The minimum absolute atomic E-state index is 0.270. The summed E-state index contributed by atoms with van der Waals surface area (Å²) >= 11 is 0. The first-order valence-corrected chi connectivity index (χ1v) is 7.31. The number of fused-ring (bicyclic) bond motifs is 1. The molecule has 1 unspecified atom stereocenters. The fourth-order valence-corrected chi connectivity index (χ4v) is 3.40. The van der Waals surface area contributed by atoms with E-state index in [4.69, 9.17) is 10.5 Å². The van der Waals surface area contributed by atoms with Crippen molar-refractivity contribution in [3.63, 3.8) is 0 Å². The number of hydrogen-bond acceptors (Lipinski definition) is 2. The molecule has 19 heavy (non-hydrogen) atoms. The summed E-state index contributed by atoms with van der Waals surface area (Å²) in [6.45, 7) is 0.853. The SMILES string of the molecule is NC(=O)c1ccc2c(c1CC1CCCO1)CCCC2. The smallest absolute Gasteiger partial charge is 0.248 e. The zero-order valence-corrected chi connectivity index (χ0v) is 11.3. The van der Waals surface area contributed by atoms with E-state index >= 15 is 0 Å². The lowest BCUT2D eigenvalue weighted by atomic mass is 9.83. The van der Waals surface area contributed by atoms with E-state index in [9.17, 15) is 4.79 Å². The number of carbonyl (C=O) groups is 1. The Morgan fingerprint density at radius 1 is 1.26 bits per heavy atom. The maximum Gasteiger partial charge on any atom is 0.248 e. The van der Waals surface area contributed by atoms with Crippen LogP contribution in [0.2, 0.25) is 0 Å². The molecule has 102 valence electrons. The zero-order valence-electron chi connectivity index (χ0n) is 11.3. The number of hydrogen-bond donors (Lipinski definition) is 1. The molecule has 1 atom stereocenters. The van der Waals surface area contributed by atoms with Crippen LogP contribution in [0, 0.1) is 0 Å². The number of rotatable bonds is 3. The molecule has 0 spiro atoms. The van der Waals surface area contributed by atoms with Crippen LogP contribution in [0.3, 0.4) is 0 Å². The quantitative estimate of drug-likeness (QED) is 0.906. The number of aryl methyl sites for hydroxylation is 1. The third kappa shape index (κ3) is 2.52. The first-order valence-electron chi connectivity index (χ1n) is 7.31. The van der Waals surface area contributed by atoms with Gasteiger partial charge in [-0.05, 0) is 67.7 Å². The van der Waals surface area contributed by atoms with Crippen LogP contribution in [-0.4, -0.2) is 18.6 Å². The third-order valence-electron chi connectivity index (χ3n) is 4.37. The Balaban J connectivity index is 1.99. The topological polar surface area (TPSA) is 52.3 Å². The Hall–Kier alpha value is -1.35. The predicted octanol–water partition coefficient (Wildman–Crippen LogP) is 2.39. The van der Waals surface area contributed by atoms with Gasteiger partial charge in [-0.1, -0.05) is 6.07 Å². The van der Waals surface area contributed by atoms with E-state index in [1.54, 1.807) is 0 Å². The van der Waals surface area contributed by atoms with Crippen molar-refractivity contribution in [2.75, 3.05) is 6.61 Å². The van der Waals surface area contributed by atoms with Crippen LogP contribution >= 0.6 is 0 Å². The van der Waals surface area contributed by atoms with Crippen LogP contribution in [0.1, 0.15) is 52.7 Å². The van der Waals surface area contributed by atoms with Crippen molar-refractivity contribution in [2.24, 2.45) is 5.73 Å². The van der Waals surface area contributed by atoms with Gasteiger partial charge in [-0.25, -0.2) is 0 Å². The van der Waals surface area contributed by atoms with Gasteiger partial charge in [-0.15, -0.1) is 0 Å². The Kier molecular flexibility index (Phi) is 3.56. The van der Waals surface area contributed by atoms with Gasteiger partial charge in [0.25, 0.3) is 0 Å². The minimum atomic E-state index is -0.304. The molecule has 3 rings (SSSR count). The molecule has 1 fully saturated rings. The average Bonchev–Trinajstić information content (AvgIpc) is 2.92. The lowest BCUT2D eigenvalue weighted by molar-refractivity contribution is 0.0992. The molecule has 3 nitrogen and oxygen atoms in total. The summed E-state index contributed by atoms with van der Waals surface area (Å²) in [5.41, 5.74) is 10.2. The predicted molar refractivity (Wildman–Crippen MR) is 74.3 cm³/mol. The molecule has 1 aliphatic heterocycles. The first kappa shape index (κ1) is 12.7. The van der Waals surface area contributed by atoms with Crippen LogP contribution in [0.15, 0.2) is 12.1 Å². The van der Waals surface area contributed by atoms with Gasteiger partial charge in [-0.3, -0.25) is 4.79 Å². The van der Waals surface area contributed by atoms with E-state index in [1.165, 1.54) is 24.0 Å². The number of carbonyl (C=O) groups excluding carboxylic acids is 1. The third-order valence-corrected chi connectivity index (χ3v) is 4.37. The number of ether oxygens (including phenoxy) is 1. The van der Waals surface area contributed by atoms with Gasteiger partial charge >= 0.3 is 0 Å². The molecular formula is C16H21NO2. The highest BCUT2D eigenvalue weighted by Gasteiger charge is 2.23. The summed E-state index contributed by atoms with van der Waals surface area (Å²) < 4.78 is 5.73. The van der Waals surface area contributed by atoms with E-state index in [0.717, 1.165) is 44.3 Å². The molecule has 1 aromatic rings. The minimum Gasteiger partial charge on any atom is -0.378 e. The lowest BCUT2D eigenvalue weighted by Gasteiger charge is -2.23. The highest BCUT2D eigenvalue weighted by atomic mass is 16.5. The van der Waals surface area contributed by atoms with Crippen LogP contribution < -0.4 is 5.73 Å². The molecule has 2 N–H and O–H groups in total. The summed E-state index contributed by atoms with van der Waals surface area (Å²) in [5.74, 6) is -0.304. The number of nitrogens with two attached hydrogens (primary N) is 1. The standard InChI is InChI=1S/C16H21NO2/c17-16(18)14-8-7-11-4-1-2-6-13(11)15(14)10-12-5-3-9-19-12/h7-8,12H,1-6,9-10H2,(H2,17,18). The molecule has 1 amide bonds. The van der Waals surface area contributed by atoms with E-state index in [-0.39, 0.29) is 12.0 Å². The number of primary amides is 1. The fraction of sp³-hybridized carbons (Fsp3) is 0.562. The van der Waals surface area contributed by atoms with E-state index in [2.05, 4.69) is 6.07 Å². The molecule has 0 saturated carbocycles. The van der Waals surface area contributed by atoms with Gasteiger partial charge in [0, 0.05) is 12.2 Å². The van der Waals surface area contributed by atoms with E-state index in [1.807, 2.05) is 6.07 Å². The van der Waals surface area contributed by atoms with Gasteiger partial charge in [0.05, 0.1) is 6.10 Å². The molecule has 0 radical (unpaired) electrons. The first-order chi connectivity index (χ1) is 9.25. The maximum absolute atomic E-state index is 11.7. The molecule has 1 saturated heterocycles. The summed E-state index contributed by atoms with van der Waals surface area (Å²) in [4.78, 5) is 11.7. The Morgan fingerprint density at radius 2 is 2.11 bits per heavy atom. The molecule has 3 heteroatoms. The van der Waals surface area contributed by atoms with Crippen LogP contribution in [0.4, 0.5) is 0 Å². The van der Waals surface area contributed by atoms with Gasteiger partial charge in [0.2, 0.25) is 5.91 Å². The second-order valence-corrected chi connectivity index (χ2v) is 5.64. The Morgan fingerprint density at radius 3 is 2.84 bits per heavy atom. The zero-order chi connectivity index (χ0) is 13.2. The van der Waals surface area contributed by atoms with Gasteiger partial charge in [0.15, 0.2) is 0 Å². The number of benzene rings is 1. The van der Waals surface area contributed by atoms with Crippen molar-refractivity contribution in [2.45, 2.75) is 51.0 Å². The van der Waals surface area contributed by atoms with E-state index in [0.29, 0.717) is 5.56 Å². The number of amides is 1. The maximum atomic E-state index is 11.7. The van der Waals surface area contributed by atoms with Gasteiger partial charge in [-0.2, -0.15) is 0 Å². The molecule has 0 aromatic heterocycles. The molecular weight excluding hydrogens is 238 g/mol. The summed E-state index contributed by atoms with van der Waals surface area (Å²) in [5, 5.41) is 0. The van der Waals surface area contributed by atoms with Crippen LogP contribution in [-0.2, 0) is 24.0 Å². The van der Waals surface area contributed by atoms with Crippen LogP contribution in [0.5, 0.6) is 0 Å².